The van der Waals surface area contributed by atoms with Crippen LogP contribution in [0.25, 0.3) is 0 Å². The summed E-state index contributed by atoms with van der Waals surface area (Å²) in [5.74, 6) is 0.890. The van der Waals surface area contributed by atoms with Crippen LogP contribution in [0.15, 0.2) is 47.6 Å². The van der Waals surface area contributed by atoms with Gasteiger partial charge in [0, 0.05) is 6.20 Å². The molecule has 1 amide bonds. The molecule has 0 aliphatic heterocycles. The zero-order chi connectivity index (χ0) is 16.7. The minimum Gasteiger partial charge on any atom is -0.497 e. The van der Waals surface area contributed by atoms with E-state index in [0.29, 0.717) is 10.6 Å². The van der Waals surface area contributed by atoms with Gasteiger partial charge in [-0.3, -0.25) is 4.79 Å². The summed E-state index contributed by atoms with van der Waals surface area (Å²) in [5.41, 5.74) is 1.48. The molecule has 0 unspecified atom stereocenters. The van der Waals surface area contributed by atoms with Gasteiger partial charge in [-0.2, -0.15) is 5.26 Å². The molecular formula is C17H17N3O2S. The van der Waals surface area contributed by atoms with Gasteiger partial charge in [-0.15, -0.1) is 0 Å². The van der Waals surface area contributed by atoms with Crippen LogP contribution in [0.2, 0.25) is 0 Å². The number of rotatable bonds is 6. The van der Waals surface area contributed by atoms with Crippen molar-refractivity contribution in [3.8, 4) is 11.8 Å². The molecule has 1 atom stereocenters. The molecule has 0 radical (unpaired) electrons. The van der Waals surface area contributed by atoms with Gasteiger partial charge in [0.2, 0.25) is 5.91 Å². The number of methoxy groups -OCH3 is 1. The predicted octanol–water partition coefficient (Wildman–Crippen LogP) is 2.93. The first-order valence-electron chi connectivity index (χ1n) is 7.05. The molecule has 1 N–H and O–H groups in total. The topological polar surface area (TPSA) is 75.0 Å². The Hall–Kier alpha value is -2.52. The molecule has 23 heavy (non-hydrogen) atoms. The summed E-state index contributed by atoms with van der Waals surface area (Å²) in [6.07, 6.45) is 1.61. The number of pyridine rings is 1. The van der Waals surface area contributed by atoms with Crippen molar-refractivity contribution < 1.29 is 9.53 Å². The molecule has 118 valence electrons. The number of hydrogen-bond donors (Lipinski definition) is 1. The van der Waals surface area contributed by atoms with E-state index in [0.717, 1.165) is 11.3 Å². The molecule has 1 heterocycles. The Morgan fingerprint density at radius 3 is 2.78 bits per heavy atom. The van der Waals surface area contributed by atoms with Crippen LogP contribution < -0.4 is 10.1 Å². The van der Waals surface area contributed by atoms with Crippen LogP contribution in [0.3, 0.4) is 0 Å². The molecule has 6 heteroatoms. The number of carbonyl (C=O) groups excluding carboxylic acids is 1. The SMILES string of the molecule is COc1ccc([C@@H](C)NC(=O)CSc2ncccc2C#N)cc1. The number of nitriles is 1. The number of nitrogens with zero attached hydrogens (tertiary/aromatic N) is 2. The first-order chi connectivity index (χ1) is 11.1. The van der Waals surface area contributed by atoms with E-state index in [9.17, 15) is 4.79 Å². The summed E-state index contributed by atoms with van der Waals surface area (Å²) in [7, 11) is 1.62. The highest BCUT2D eigenvalue weighted by atomic mass is 32.2. The van der Waals surface area contributed by atoms with E-state index in [4.69, 9.17) is 10.00 Å². The molecule has 1 aromatic carbocycles. The standard InChI is InChI=1S/C17H17N3O2S/c1-12(13-5-7-15(22-2)8-6-13)20-16(21)11-23-17-14(10-18)4-3-9-19-17/h3-9,12H,11H2,1-2H3,(H,20,21)/t12-/m1/s1. The quantitative estimate of drug-likeness (QED) is 0.826. The maximum Gasteiger partial charge on any atom is 0.230 e. The van der Waals surface area contributed by atoms with Crippen LogP contribution in [0.4, 0.5) is 0 Å². The van der Waals surface area contributed by atoms with E-state index >= 15 is 0 Å². The van der Waals surface area contributed by atoms with E-state index in [2.05, 4.69) is 16.4 Å². The molecule has 0 aliphatic rings. The highest BCUT2D eigenvalue weighted by molar-refractivity contribution is 7.99. The molecule has 5 nitrogen and oxygen atoms in total. The Kier molecular flexibility index (Phi) is 6.01. The van der Waals surface area contributed by atoms with Crippen molar-refractivity contribution in [1.29, 1.82) is 5.26 Å². The molecule has 0 saturated heterocycles. The summed E-state index contributed by atoms with van der Waals surface area (Å²) in [5, 5.41) is 12.5. The zero-order valence-corrected chi connectivity index (χ0v) is 13.8. The molecule has 2 rings (SSSR count). The largest absolute Gasteiger partial charge is 0.497 e. The van der Waals surface area contributed by atoms with Crippen molar-refractivity contribution in [3.05, 3.63) is 53.7 Å². The van der Waals surface area contributed by atoms with E-state index in [1.165, 1.54) is 11.8 Å². The van der Waals surface area contributed by atoms with Crippen LogP contribution in [-0.4, -0.2) is 23.8 Å². The maximum absolute atomic E-state index is 12.1. The fourth-order valence-electron chi connectivity index (χ4n) is 1.98. The second-order valence-electron chi connectivity index (χ2n) is 4.82. The number of benzene rings is 1. The lowest BCUT2D eigenvalue weighted by molar-refractivity contribution is -0.119. The van der Waals surface area contributed by atoms with Gasteiger partial charge >= 0.3 is 0 Å². The van der Waals surface area contributed by atoms with Crippen LogP contribution >= 0.6 is 11.8 Å². The Bertz CT molecular complexity index is 711. The molecule has 0 fully saturated rings. The first kappa shape index (κ1) is 16.8. The van der Waals surface area contributed by atoms with Gasteiger partial charge in [0.05, 0.1) is 24.5 Å². The van der Waals surface area contributed by atoms with Gasteiger partial charge in [0.15, 0.2) is 0 Å². The molecule has 0 spiro atoms. The van der Waals surface area contributed by atoms with Crippen molar-refractivity contribution >= 4 is 17.7 Å². The van der Waals surface area contributed by atoms with Crippen molar-refractivity contribution in [2.45, 2.75) is 18.0 Å². The van der Waals surface area contributed by atoms with Crippen molar-refractivity contribution in [3.63, 3.8) is 0 Å². The highest BCUT2D eigenvalue weighted by Crippen LogP contribution is 2.20. The minimum atomic E-state index is -0.104. The van der Waals surface area contributed by atoms with Gasteiger partial charge in [-0.25, -0.2) is 4.98 Å². The third-order valence-corrected chi connectivity index (χ3v) is 4.23. The smallest absolute Gasteiger partial charge is 0.230 e. The van der Waals surface area contributed by atoms with Crippen LogP contribution in [-0.2, 0) is 4.79 Å². The van der Waals surface area contributed by atoms with Gasteiger partial charge in [-0.1, -0.05) is 23.9 Å². The van der Waals surface area contributed by atoms with Crippen LogP contribution in [0, 0.1) is 11.3 Å². The van der Waals surface area contributed by atoms with Gasteiger partial charge in [0.1, 0.15) is 16.8 Å². The van der Waals surface area contributed by atoms with Gasteiger partial charge in [-0.05, 0) is 36.8 Å². The Labute approximate surface area is 139 Å². The van der Waals surface area contributed by atoms with Crippen molar-refractivity contribution in [1.82, 2.24) is 10.3 Å². The zero-order valence-electron chi connectivity index (χ0n) is 12.9. The number of hydrogen-bond acceptors (Lipinski definition) is 5. The summed E-state index contributed by atoms with van der Waals surface area (Å²) in [6.45, 7) is 1.92. The molecule has 2 aromatic rings. The van der Waals surface area contributed by atoms with Gasteiger partial charge in [0.25, 0.3) is 0 Å². The fourth-order valence-corrected chi connectivity index (χ4v) is 2.74. The van der Waals surface area contributed by atoms with Gasteiger partial charge < -0.3 is 10.1 Å². The van der Waals surface area contributed by atoms with Crippen LogP contribution in [0.1, 0.15) is 24.1 Å². The van der Waals surface area contributed by atoms with E-state index in [1.807, 2.05) is 31.2 Å². The molecule has 0 aliphatic carbocycles. The molecule has 1 aromatic heterocycles. The summed E-state index contributed by atoms with van der Waals surface area (Å²) >= 11 is 1.26. The number of nitrogens with one attached hydrogen (secondary N) is 1. The molecular weight excluding hydrogens is 310 g/mol. The lowest BCUT2D eigenvalue weighted by Crippen LogP contribution is -2.28. The van der Waals surface area contributed by atoms with Crippen LogP contribution in [0.5, 0.6) is 5.75 Å². The van der Waals surface area contributed by atoms with Crippen molar-refractivity contribution in [2.75, 3.05) is 12.9 Å². The number of carbonyl (C=O) groups is 1. The Morgan fingerprint density at radius 2 is 2.13 bits per heavy atom. The Morgan fingerprint density at radius 1 is 1.39 bits per heavy atom. The average molecular weight is 327 g/mol. The van der Waals surface area contributed by atoms with E-state index in [1.54, 1.807) is 25.4 Å². The summed E-state index contributed by atoms with van der Waals surface area (Å²) < 4.78 is 5.12. The number of ether oxygens (including phenoxy) is 1. The Balaban J connectivity index is 1.90. The second kappa shape index (κ2) is 8.20. The average Bonchev–Trinajstić information content (AvgIpc) is 2.60. The third kappa shape index (κ3) is 4.73. The monoisotopic (exact) mass is 327 g/mol. The first-order valence-corrected chi connectivity index (χ1v) is 8.04. The van der Waals surface area contributed by atoms with E-state index < -0.39 is 0 Å². The third-order valence-electron chi connectivity index (χ3n) is 3.22. The maximum atomic E-state index is 12.1. The predicted molar refractivity (Wildman–Crippen MR) is 89.2 cm³/mol. The lowest BCUT2D eigenvalue weighted by Gasteiger charge is -2.14. The highest BCUT2D eigenvalue weighted by Gasteiger charge is 2.11. The normalized spacial score (nSPS) is 11.3. The van der Waals surface area contributed by atoms with E-state index in [-0.39, 0.29) is 17.7 Å². The summed E-state index contributed by atoms with van der Waals surface area (Å²) in [6, 6.07) is 12.9. The minimum absolute atomic E-state index is 0.104. The number of aromatic nitrogens is 1. The van der Waals surface area contributed by atoms with Crippen molar-refractivity contribution in [2.24, 2.45) is 0 Å². The summed E-state index contributed by atoms with van der Waals surface area (Å²) in [4.78, 5) is 16.2. The fraction of sp³-hybridized carbons (Fsp3) is 0.235. The second-order valence-corrected chi connectivity index (χ2v) is 5.78. The lowest BCUT2D eigenvalue weighted by atomic mass is 10.1. The number of thioether (sulfide) groups is 1. The number of amides is 1. The molecule has 0 bridgehead atoms. The molecule has 0 saturated carbocycles.